The molecule has 0 bridgehead atoms. The average molecular weight is 322 g/mol. The summed E-state index contributed by atoms with van der Waals surface area (Å²) in [5, 5.41) is 0. The smallest absolute Gasteiger partial charge is 0.179 e. The van der Waals surface area contributed by atoms with E-state index in [-0.39, 0.29) is 17.0 Å². The van der Waals surface area contributed by atoms with Gasteiger partial charge in [0.2, 0.25) is 0 Å². The fourth-order valence-corrected chi connectivity index (χ4v) is 2.25. The van der Waals surface area contributed by atoms with Crippen LogP contribution in [0, 0.1) is 0 Å². The molecule has 0 saturated heterocycles. The van der Waals surface area contributed by atoms with Gasteiger partial charge in [-0.15, -0.1) is 0 Å². The molecule has 0 aliphatic rings. The number of rotatable bonds is 4. The molecule has 2 rings (SSSR count). The van der Waals surface area contributed by atoms with Crippen LogP contribution in [0.4, 0.5) is 5.69 Å². The predicted octanol–water partition coefficient (Wildman–Crippen LogP) is 0.466. The zero-order valence-corrected chi connectivity index (χ0v) is 13.2. The number of nitrogens with zero attached hydrogens (tertiary/aromatic N) is 1. The second-order valence-corrected chi connectivity index (χ2v) is 5.00. The summed E-state index contributed by atoms with van der Waals surface area (Å²) in [5.74, 6) is 0.943. The summed E-state index contributed by atoms with van der Waals surface area (Å²) in [6.45, 7) is 0.946. The van der Waals surface area contributed by atoms with Gasteiger partial charge in [-0.2, -0.15) is 0 Å². The third-order valence-electron chi connectivity index (χ3n) is 3.16. The summed E-state index contributed by atoms with van der Waals surface area (Å²) in [6.07, 6.45) is 0. The van der Waals surface area contributed by atoms with Gasteiger partial charge in [0.05, 0.1) is 21.2 Å². The van der Waals surface area contributed by atoms with Gasteiger partial charge in [0.25, 0.3) is 0 Å². The highest BCUT2D eigenvalue weighted by molar-refractivity contribution is 5.55. The summed E-state index contributed by atoms with van der Waals surface area (Å²) in [7, 11) is 6.12. The Hall–Kier alpha value is -1.32. The maximum atomic E-state index is 5.45. The lowest BCUT2D eigenvalue weighted by atomic mass is 10.1. The largest absolute Gasteiger partial charge is 1.00 e. The third-order valence-corrected chi connectivity index (χ3v) is 3.16. The van der Waals surface area contributed by atoms with E-state index in [1.807, 2.05) is 18.2 Å². The minimum absolute atomic E-state index is 0. The monoisotopic (exact) mass is 321 g/mol. The van der Waals surface area contributed by atoms with Crippen molar-refractivity contribution in [2.45, 2.75) is 6.54 Å². The molecule has 0 saturated carbocycles. The van der Waals surface area contributed by atoms with E-state index in [1.54, 1.807) is 7.11 Å². The van der Waals surface area contributed by atoms with E-state index in [9.17, 15) is 0 Å². The summed E-state index contributed by atoms with van der Waals surface area (Å²) in [4.78, 5) is 0. The van der Waals surface area contributed by atoms with Crippen LogP contribution in [-0.2, 0) is 6.54 Å². The maximum absolute atomic E-state index is 5.45. The van der Waals surface area contributed by atoms with Crippen molar-refractivity contribution >= 4 is 5.69 Å². The number of hydrogen-bond acceptors (Lipinski definition) is 1. The van der Waals surface area contributed by atoms with Crippen LogP contribution < -0.4 is 26.2 Å². The first-order chi connectivity index (χ1) is 8.63. The molecule has 19 heavy (non-hydrogen) atoms. The molecule has 3 heteroatoms. The van der Waals surface area contributed by atoms with Crippen LogP contribution in [0.15, 0.2) is 54.6 Å². The van der Waals surface area contributed by atoms with E-state index >= 15 is 0 Å². The molecule has 0 spiro atoms. The second kappa shape index (κ2) is 6.73. The molecule has 2 aromatic carbocycles. The molecule has 102 valence electrons. The number of benzene rings is 2. The molecule has 2 nitrogen and oxygen atoms in total. The van der Waals surface area contributed by atoms with Gasteiger partial charge >= 0.3 is 0 Å². The second-order valence-electron chi connectivity index (χ2n) is 5.00. The third kappa shape index (κ3) is 3.82. The minimum Gasteiger partial charge on any atom is -1.00 e. The van der Waals surface area contributed by atoms with Crippen molar-refractivity contribution in [2.75, 3.05) is 21.2 Å². The normalized spacial score (nSPS) is 10.7. The number of ether oxygens (including phenoxy) is 1. The van der Waals surface area contributed by atoms with Gasteiger partial charge in [0.15, 0.2) is 11.4 Å². The van der Waals surface area contributed by atoms with Crippen molar-refractivity contribution in [3.8, 4) is 5.75 Å². The van der Waals surface area contributed by atoms with E-state index in [4.69, 9.17) is 4.74 Å². The van der Waals surface area contributed by atoms with E-state index in [1.165, 1.54) is 11.3 Å². The molecule has 2 aromatic rings. The zero-order chi connectivity index (χ0) is 13.0. The van der Waals surface area contributed by atoms with Gasteiger partial charge in [-0.3, -0.25) is 4.48 Å². The number of methoxy groups -OCH3 is 1. The van der Waals surface area contributed by atoms with E-state index < -0.39 is 0 Å². The molecule has 0 radical (unpaired) electrons. The quantitative estimate of drug-likeness (QED) is 0.744. The van der Waals surface area contributed by atoms with Gasteiger partial charge in [0, 0.05) is 11.6 Å². The molecular weight excluding hydrogens is 302 g/mol. The van der Waals surface area contributed by atoms with Crippen molar-refractivity contribution < 1.29 is 21.7 Å². The van der Waals surface area contributed by atoms with Crippen LogP contribution in [0.2, 0.25) is 0 Å². The fourth-order valence-electron chi connectivity index (χ4n) is 2.25. The molecule has 0 heterocycles. The van der Waals surface area contributed by atoms with Crippen molar-refractivity contribution in [1.29, 1.82) is 0 Å². The van der Waals surface area contributed by atoms with Crippen LogP contribution >= 0.6 is 0 Å². The standard InChI is InChI=1S/C16H20NO.BrH/c1-17(2,13-14-9-5-4-6-10-14)15-11-7-8-12-16(15)18-3;/h4-12H,13H2,1-3H3;1H/q+1;/p-1. The van der Waals surface area contributed by atoms with Crippen LogP contribution in [-0.4, -0.2) is 21.2 Å². The van der Waals surface area contributed by atoms with Gasteiger partial charge in [0.1, 0.15) is 6.54 Å². The van der Waals surface area contributed by atoms with Crippen molar-refractivity contribution in [1.82, 2.24) is 4.48 Å². The van der Waals surface area contributed by atoms with Crippen LogP contribution in [0.3, 0.4) is 0 Å². The molecule has 0 aliphatic carbocycles. The predicted molar refractivity (Wildman–Crippen MR) is 76.8 cm³/mol. The zero-order valence-electron chi connectivity index (χ0n) is 11.6. The van der Waals surface area contributed by atoms with Gasteiger partial charge in [-0.1, -0.05) is 42.5 Å². The molecule has 0 unspecified atom stereocenters. The molecule has 0 aliphatic heterocycles. The lowest BCUT2D eigenvalue weighted by molar-refractivity contribution is -0.00000428. The van der Waals surface area contributed by atoms with Crippen LogP contribution in [0.1, 0.15) is 5.56 Å². The Morgan fingerprint density at radius 1 is 0.895 bits per heavy atom. The Kier molecular flexibility index (Phi) is 5.58. The molecule has 0 amide bonds. The lowest BCUT2D eigenvalue weighted by Gasteiger charge is -2.30. The van der Waals surface area contributed by atoms with Crippen LogP contribution in [0.25, 0.3) is 0 Å². The number of quaternary nitrogens is 1. The summed E-state index contributed by atoms with van der Waals surface area (Å²) in [5.41, 5.74) is 2.53. The van der Waals surface area contributed by atoms with E-state index in [2.05, 4.69) is 50.5 Å². The fraction of sp³-hybridized carbons (Fsp3) is 0.250. The van der Waals surface area contributed by atoms with Crippen molar-refractivity contribution in [3.63, 3.8) is 0 Å². The summed E-state index contributed by atoms with van der Waals surface area (Å²) < 4.78 is 6.23. The molecule has 0 atom stereocenters. The van der Waals surface area contributed by atoms with E-state index in [0.29, 0.717) is 0 Å². The molecule has 0 N–H and O–H groups in total. The SMILES string of the molecule is COc1ccccc1[N+](C)(C)Cc1ccccc1.[Br-]. The number of hydrogen-bond donors (Lipinski definition) is 0. The highest BCUT2D eigenvalue weighted by Gasteiger charge is 2.23. The van der Waals surface area contributed by atoms with Crippen molar-refractivity contribution in [2.24, 2.45) is 0 Å². The van der Waals surface area contributed by atoms with Crippen LogP contribution in [0.5, 0.6) is 5.75 Å². The first-order valence-corrected chi connectivity index (χ1v) is 6.14. The summed E-state index contributed by atoms with van der Waals surface area (Å²) in [6, 6.07) is 18.7. The Morgan fingerprint density at radius 3 is 2.11 bits per heavy atom. The first-order valence-electron chi connectivity index (χ1n) is 6.14. The molecule has 0 aromatic heterocycles. The van der Waals surface area contributed by atoms with Gasteiger partial charge in [-0.25, -0.2) is 0 Å². The van der Waals surface area contributed by atoms with Crippen molar-refractivity contribution in [3.05, 3.63) is 60.2 Å². The number of para-hydroxylation sites is 2. The Balaban J connectivity index is 0.00000180. The molecule has 0 fully saturated rings. The Morgan fingerprint density at radius 2 is 1.47 bits per heavy atom. The van der Waals surface area contributed by atoms with Gasteiger partial charge < -0.3 is 21.7 Å². The van der Waals surface area contributed by atoms with Gasteiger partial charge in [-0.05, 0) is 6.07 Å². The average Bonchev–Trinajstić information content (AvgIpc) is 2.39. The molecular formula is C16H20BrNO. The Bertz CT molecular complexity index is 511. The number of halogens is 1. The first kappa shape index (κ1) is 15.7. The lowest BCUT2D eigenvalue weighted by Crippen LogP contribution is -3.00. The summed E-state index contributed by atoms with van der Waals surface area (Å²) >= 11 is 0. The minimum atomic E-state index is 0. The highest BCUT2D eigenvalue weighted by atomic mass is 79.9. The highest BCUT2D eigenvalue weighted by Crippen LogP contribution is 2.32. The maximum Gasteiger partial charge on any atom is 0.179 e. The Labute approximate surface area is 126 Å². The topological polar surface area (TPSA) is 9.23 Å². The van der Waals surface area contributed by atoms with E-state index in [0.717, 1.165) is 16.8 Å².